The number of aromatic nitrogens is 3. The highest BCUT2D eigenvalue weighted by Crippen LogP contribution is 2.37. The van der Waals surface area contributed by atoms with Crippen LogP contribution in [0.3, 0.4) is 0 Å². The van der Waals surface area contributed by atoms with Crippen LogP contribution < -0.4 is 10.6 Å². The molecular formula is C22H25N5O3S. The zero-order chi connectivity index (χ0) is 22.2. The van der Waals surface area contributed by atoms with Gasteiger partial charge in [-0.3, -0.25) is 9.48 Å². The lowest BCUT2D eigenvalue weighted by Crippen LogP contribution is -2.36. The Morgan fingerprint density at radius 1 is 1.26 bits per heavy atom. The van der Waals surface area contributed by atoms with E-state index in [4.69, 9.17) is 4.74 Å². The van der Waals surface area contributed by atoms with Gasteiger partial charge in [0.25, 0.3) is 5.91 Å². The molecule has 0 saturated heterocycles. The van der Waals surface area contributed by atoms with Crippen LogP contribution in [0.25, 0.3) is 11.0 Å². The van der Waals surface area contributed by atoms with Crippen molar-refractivity contribution in [3.05, 3.63) is 47.8 Å². The summed E-state index contributed by atoms with van der Waals surface area (Å²) in [5, 5.41) is 10.9. The summed E-state index contributed by atoms with van der Waals surface area (Å²) in [6, 6.07) is 7.18. The molecule has 2 aromatic heterocycles. The number of nitrogens with zero attached hydrogens (tertiary/aromatic N) is 3. The Morgan fingerprint density at radius 2 is 2.06 bits per heavy atom. The lowest BCUT2D eigenvalue weighted by atomic mass is 10.0. The highest BCUT2D eigenvalue weighted by Gasteiger charge is 2.26. The van der Waals surface area contributed by atoms with Gasteiger partial charge in [-0.15, -0.1) is 11.8 Å². The number of ether oxygens (including phenoxy) is 1. The molecule has 9 heteroatoms. The molecule has 2 amide bonds. The lowest BCUT2D eigenvalue weighted by molar-refractivity contribution is 0.0501. The fraction of sp³-hybridized carbons (Fsp3) is 0.364. The van der Waals surface area contributed by atoms with Crippen LogP contribution in [0.15, 0.2) is 41.6 Å². The SMILES string of the molecule is Cn1ncc2c(NC(=O)c3ccc4c(c3)SCC[C@@H]4NC(=O)OC(C)(C)C)ccnc21. The molecule has 0 fully saturated rings. The number of anilines is 1. The zero-order valence-corrected chi connectivity index (χ0v) is 18.7. The van der Waals surface area contributed by atoms with Crippen molar-refractivity contribution >= 4 is 40.5 Å². The van der Waals surface area contributed by atoms with Gasteiger partial charge in [-0.2, -0.15) is 5.10 Å². The Hall–Kier alpha value is -3.07. The van der Waals surface area contributed by atoms with Gasteiger partial charge in [-0.1, -0.05) is 6.07 Å². The maximum atomic E-state index is 12.9. The van der Waals surface area contributed by atoms with E-state index in [9.17, 15) is 9.59 Å². The van der Waals surface area contributed by atoms with E-state index >= 15 is 0 Å². The first-order chi connectivity index (χ1) is 14.7. The molecular weight excluding hydrogens is 414 g/mol. The summed E-state index contributed by atoms with van der Waals surface area (Å²) in [5.41, 5.74) is 2.37. The number of carbonyl (C=O) groups is 2. The maximum Gasteiger partial charge on any atom is 0.408 e. The Balaban J connectivity index is 1.52. The Bertz CT molecular complexity index is 1150. The molecule has 0 unspecified atom stereocenters. The topological polar surface area (TPSA) is 98.1 Å². The lowest BCUT2D eigenvalue weighted by Gasteiger charge is -2.28. The molecule has 162 valence electrons. The molecule has 8 nitrogen and oxygen atoms in total. The monoisotopic (exact) mass is 439 g/mol. The maximum absolute atomic E-state index is 12.9. The molecule has 0 aliphatic carbocycles. The summed E-state index contributed by atoms with van der Waals surface area (Å²) in [5.74, 6) is 0.640. The third kappa shape index (κ3) is 4.66. The van der Waals surface area contributed by atoms with Gasteiger partial charge in [-0.05, 0) is 51.0 Å². The van der Waals surface area contributed by atoms with Gasteiger partial charge < -0.3 is 15.4 Å². The second-order valence-corrected chi connectivity index (χ2v) is 9.54. The Morgan fingerprint density at radius 3 is 2.84 bits per heavy atom. The van der Waals surface area contributed by atoms with Gasteiger partial charge in [0.1, 0.15) is 5.60 Å². The number of carbonyl (C=O) groups excluding carboxylic acids is 2. The second-order valence-electron chi connectivity index (χ2n) is 8.41. The summed E-state index contributed by atoms with van der Waals surface area (Å²) >= 11 is 1.68. The van der Waals surface area contributed by atoms with Gasteiger partial charge in [0, 0.05) is 29.5 Å². The summed E-state index contributed by atoms with van der Waals surface area (Å²) in [6.45, 7) is 5.51. The van der Waals surface area contributed by atoms with E-state index in [1.807, 2.05) is 40.0 Å². The van der Waals surface area contributed by atoms with E-state index in [0.717, 1.165) is 28.0 Å². The van der Waals surface area contributed by atoms with E-state index in [0.29, 0.717) is 16.9 Å². The van der Waals surface area contributed by atoms with Gasteiger partial charge >= 0.3 is 6.09 Å². The number of aryl methyl sites for hydroxylation is 1. The average Bonchev–Trinajstić information content (AvgIpc) is 3.08. The number of amides is 2. The quantitative estimate of drug-likeness (QED) is 0.632. The molecule has 0 radical (unpaired) electrons. The Kier molecular flexibility index (Phi) is 5.62. The van der Waals surface area contributed by atoms with Crippen LogP contribution in [0.5, 0.6) is 0 Å². The van der Waals surface area contributed by atoms with E-state index in [2.05, 4.69) is 20.7 Å². The third-order valence-electron chi connectivity index (χ3n) is 4.89. The molecule has 0 bridgehead atoms. The van der Waals surface area contributed by atoms with Gasteiger partial charge in [0.05, 0.1) is 23.3 Å². The van der Waals surface area contributed by atoms with Crippen molar-refractivity contribution in [2.24, 2.45) is 7.05 Å². The highest BCUT2D eigenvalue weighted by atomic mass is 32.2. The van der Waals surface area contributed by atoms with E-state index in [-0.39, 0.29) is 11.9 Å². The molecule has 4 rings (SSSR count). The molecule has 3 aromatic rings. The van der Waals surface area contributed by atoms with E-state index in [1.54, 1.807) is 41.0 Å². The van der Waals surface area contributed by atoms with Crippen LogP contribution in [0, 0.1) is 0 Å². The van der Waals surface area contributed by atoms with Crippen molar-refractivity contribution in [1.29, 1.82) is 0 Å². The number of hydrogen-bond acceptors (Lipinski definition) is 6. The molecule has 1 aromatic carbocycles. The number of pyridine rings is 1. The van der Waals surface area contributed by atoms with Crippen molar-refractivity contribution in [3.63, 3.8) is 0 Å². The minimum absolute atomic E-state index is 0.140. The molecule has 1 aliphatic rings. The second kappa shape index (κ2) is 8.22. The number of thioether (sulfide) groups is 1. The van der Waals surface area contributed by atoms with Crippen LogP contribution in [-0.4, -0.2) is 38.1 Å². The van der Waals surface area contributed by atoms with Gasteiger partial charge in [0.2, 0.25) is 0 Å². The minimum Gasteiger partial charge on any atom is -0.444 e. The van der Waals surface area contributed by atoms with Crippen molar-refractivity contribution in [2.45, 2.75) is 43.7 Å². The molecule has 3 heterocycles. The summed E-state index contributed by atoms with van der Waals surface area (Å²) in [4.78, 5) is 30.4. The number of alkyl carbamates (subject to hydrolysis) is 1. The molecule has 31 heavy (non-hydrogen) atoms. The summed E-state index contributed by atoms with van der Waals surface area (Å²) < 4.78 is 7.05. The smallest absolute Gasteiger partial charge is 0.408 e. The molecule has 0 spiro atoms. The van der Waals surface area contributed by atoms with Gasteiger partial charge in [-0.25, -0.2) is 9.78 Å². The van der Waals surface area contributed by atoms with Crippen molar-refractivity contribution in [1.82, 2.24) is 20.1 Å². The molecule has 1 atom stereocenters. The number of nitrogens with one attached hydrogen (secondary N) is 2. The van der Waals surface area contributed by atoms with Crippen LogP contribution in [0.2, 0.25) is 0 Å². The minimum atomic E-state index is -0.551. The normalized spacial score (nSPS) is 15.9. The first-order valence-corrected chi connectivity index (χ1v) is 11.0. The Labute approximate surface area is 184 Å². The van der Waals surface area contributed by atoms with Gasteiger partial charge in [0.15, 0.2) is 5.65 Å². The standard InChI is InChI=1S/C22H25N5O3S/c1-22(2,3)30-21(29)26-17-8-10-31-18-11-13(5-6-14(17)18)20(28)25-16-7-9-23-19-15(16)12-24-27(19)4/h5-7,9,11-12,17H,8,10H2,1-4H3,(H,26,29)(H,23,25,28)/t17-/m0/s1. The number of benzene rings is 1. The van der Waals surface area contributed by atoms with Crippen LogP contribution in [0.1, 0.15) is 49.2 Å². The predicted octanol–water partition coefficient (Wildman–Crippen LogP) is 4.28. The van der Waals surface area contributed by atoms with Crippen LogP contribution in [0.4, 0.5) is 10.5 Å². The largest absolute Gasteiger partial charge is 0.444 e. The fourth-order valence-electron chi connectivity index (χ4n) is 3.48. The average molecular weight is 440 g/mol. The third-order valence-corrected chi connectivity index (χ3v) is 5.99. The van der Waals surface area contributed by atoms with E-state index in [1.165, 1.54) is 0 Å². The predicted molar refractivity (Wildman–Crippen MR) is 120 cm³/mol. The molecule has 0 saturated carbocycles. The fourth-order valence-corrected chi connectivity index (χ4v) is 4.64. The molecule has 2 N–H and O–H groups in total. The van der Waals surface area contributed by atoms with Crippen LogP contribution in [-0.2, 0) is 11.8 Å². The van der Waals surface area contributed by atoms with E-state index < -0.39 is 11.7 Å². The van der Waals surface area contributed by atoms with Crippen molar-refractivity contribution in [3.8, 4) is 0 Å². The molecule has 1 aliphatic heterocycles. The summed E-state index contributed by atoms with van der Waals surface area (Å²) in [7, 11) is 1.81. The highest BCUT2D eigenvalue weighted by molar-refractivity contribution is 7.99. The van der Waals surface area contributed by atoms with Crippen molar-refractivity contribution < 1.29 is 14.3 Å². The number of rotatable bonds is 3. The first-order valence-electron chi connectivity index (χ1n) is 10.1. The zero-order valence-electron chi connectivity index (χ0n) is 17.9. The van der Waals surface area contributed by atoms with Crippen LogP contribution >= 0.6 is 11.8 Å². The number of hydrogen-bond donors (Lipinski definition) is 2. The number of fused-ring (bicyclic) bond motifs is 2. The first kappa shape index (κ1) is 21.2. The summed E-state index contributed by atoms with van der Waals surface area (Å²) in [6.07, 6.45) is 3.71. The van der Waals surface area contributed by atoms with Crippen molar-refractivity contribution in [2.75, 3.05) is 11.1 Å².